The molecule has 2 aromatic carbocycles. The topological polar surface area (TPSA) is 79.3 Å². The average Bonchev–Trinajstić information content (AvgIpc) is 2.95. The molecule has 0 bridgehead atoms. The number of hydrogen-bond donors (Lipinski definition) is 2. The Bertz CT molecular complexity index is 1020. The van der Waals surface area contributed by atoms with E-state index in [4.69, 9.17) is 0 Å². The molecule has 0 saturated carbocycles. The summed E-state index contributed by atoms with van der Waals surface area (Å²) in [6.07, 6.45) is 1.77. The van der Waals surface area contributed by atoms with Crippen LogP contribution in [0.4, 0.5) is 17.2 Å². The number of rotatable bonds is 2. The number of hydrogen-bond acceptors (Lipinski definition) is 4. The number of amides is 2. The minimum absolute atomic E-state index is 0.135. The second kappa shape index (κ2) is 6.60. The van der Waals surface area contributed by atoms with Crippen molar-refractivity contribution >= 4 is 29.0 Å². The van der Waals surface area contributed by atoms with Gasteiger partial charge in [-0.25, -0.2) is 0 Å². The molecule has 1 aromatic heterocycles. The Hall–Kier alpha value is -3.61. The lowest BCUT2D eigenvalue weighted by atomic mass is 10.1. The monoisotopic (exact) mass is 361 g/mol. The van der Waals surface area contributed by atoms with Crippen LogP contribution in [0.2, 0.25) is 0 Å². The first-order chi connectivity index (χ1) is 13.1. The highest BCUT2D eigenvalue weighted by molar-refractivity contribution is 6.09. The number of anilines is 3. The number of para-hydroxylation sites is 2. The predicted molar refractivity (Wildman–Crippen MR) is 103 cm³/mol. The molecule has 7 nitrogen and oxygen atoms in total. The molecule has 7 heteroatoms. The van der Waals surface area contributed by atoms with E-state index in [-0.39, 0.29) is 11.8 Å². The maximum Gasteiger partial charge on any atom is 0.258 e. The fraction of sp³-hybridized carbons (Fsp3) is 0.150. The summed E-state index contributed by atoms with van der Waals surface area (Å²) in [5, 5.41) is 10.2. The fourth-order valence-corrected chi connectivity index (χ4v) is 3.20. The number of fused-ring (bicyclic) bond motifs is 2. The van der Waals surface area contributed by atoms with E-state index < -0.39 is 0 Å². The predicted octanol–water partition coefficient (Wildman–Crippen LogP) is 2.68. The van der Waals surface area contributed by atoms with Crippen molar-refractivity contribution in [2.45, 2.75) is 6.54 Å². The van der Waals surface area contributed by atoms with Crippen molar-refractivity contribution in [2.24, 2.45) is 7.05 Å². The number of nitrogens with zero attached hydrogens (tertiary/aromatic N) is 3. The standard InChI is InChI=1S/C20H19N5O2/c1-21-19(26)13-7-9-14(10-8-13)20(27)25-12-15-11-22-24(2)18(15)23-16-5-3-4-6-17(16)25/h3-11,23H,12H2,1-2H3,(H,21,26). The minimum atomic E-state index is -0.182. The van der Waals surface area contributed by atoms with Crippen molar-refractivity contribution in [2.75, 3.05) is 17.3 Å². The van der Waals surface area contributed by atoms with E-state index in [1.54, 1.807) is 47.1 Å². The van der Waals surface area contributed by atoms with Crippen LogP contribution in [0.3, 0.4) is 0 Å². The number of carbonyl (C=O) groups is 2. The van der Waals surface area contributed by atoms with Crippen molar-refractivity contribution in [3.63, 3.8) is 0 Å². The molecule has 2 N–H and O–H groups in total. The summed E-state index contributed by atoms with van der Waals surface area (Å²) in [6.45, 7) is 0.406. The Labute approximate surface area is 156 Å². The molecule has 0 saturated heterocycles. The summed E-state index contributed by atoms with van der Waals surface area (Å²) in [5.41, 5.74) is 3.61. The Morgan fingerprint density at radius 2 is 1.78 bits per heavy atom. The lowest BCUT2D eigenvalue weighted by Gasteiger charge is -2.22. The molecular formula is C20H19N5O2. The molecule has 27 heavy (non-hydrogen) atoms. The molecular weight excluding hydrogens is 342 g/mol. The van der Waals surface area contributed by atoms with Gasteiger partial charge in [-0.15, -0.1) is 0 Å². The summed E-state index contributed by atoms with van der Waals surface area (Å²) in [6, 6.07) is 14.4. The van der Waals surface area contributed by atoms with Crippen LogP contribution in [0, 0.1) is 0 Å². The van der Waals surface area contributed by atoms with Crippen LogP contribution >= 0.6 is 0 Å². The van der Waals surface area contributed by atoms with Crippen molar-refractivity contribution in [1.29, 1.82) is 0 Å². The number of benzene rings is 2. The van der Waals surface area contributed by atoms with E-state index in [0.29, 0.717) is 17.7 Å². The first kappa shape index (κ1) is 16.8. The summed E-state index contributed by atoms with van der Waals surface area (Å²) in [5.74, 6) is 0.551. The normalized spacial score (nSPS) is 12.4. The zero-order valence-electron chi connectivity index (χ0n) is 15.1. The zero-order chi connectivity index (χ0) is 19.0. The molecule has 3 aromatic rings. The second-order valence-electron chi connectivity index (χ2n) is 6.33. The van der Waals surface area contributed by atoms with Crippen LogP contribution < -0.4 is 15.5 Å². The highest BCUT2D eigenvalue weighted by atomic mass is 16.2. The van der Waals surface area contributed by atoms with Gasteiger partial charge in [0.25, 0.3) is 11.8 Å². The van der Waals surface area contributed by atoms with Crippen LogP contribution in [0.15, 0.2) is 54.7 Å². The van der Waals surface area contributed by atoms with Gasteiger partial charge in [0.05, 0.1) is 24.1 Å². The van der Waals surface area contributed by atoms with Crippen LogP contribution in [0.25, 0.3) is 0 Å². The molecule has 0 atom stereocenters. The van der Waals surface area contributed by atoms with Crippen LogP contribution in [-0.2, 0) is 13.6 Å². The van der Waals surface area contributed by atoms with E-state index in [1.807, 2.05) is 31.3 Å². The molecule has 4 rings (SSSR count). The van der Waals surface area contributed by atoms with Crippen molar-refractivity contribution in [3.8, 4) is 0 Å². The van der Waals surface area contributed by atoms with Gasteiger partial charge in [0.1, 0.15) is 5.82 Å². The average molecular weight is 361 g/mol. The summed E-state index contributed by atoms with van der Waals surface area (Å²) in [4.78, 5) is 26.7. The van der Waals surface area contributed by atoms with Gasteiger partial charge < -0.3 is 15.5 Å². The number of aromatic nitrogens is 2. The molecule has 0 aliphatic carbocycles. The van der Waals surface area contributed by atoms with Crippen LogP contribution in [0.1, 0.15) is 26.3 Å². The van der Waals surface area contributed by atoms with Crippen molar-refractivity contribution in [1.82, 2.24) is 15.1 Å². The Kier molecular flexibility index (Phi) is 4.12. The Balaban J connectivity index is 1.73. The summed E-state index contributed by atoms with van der Waals surface area (Å²) in [7, 11) is 3.44. The van der Waals surface area contributed by atoms with Gasteiger partial charge in [0.2, 0.25) is 0 Å². The van der Waals surface area contributed by atoms with E-state index in [0.717, 1.165) is 22.8 Å². The first-order valence-corrected chi connectivity index (χ1v) is 8.59. The minimum Gasteiger partial charge on any atom is -0.355 e. The molecule has 136 valence electrons. The first-order valence-electron chi connectivity index (χ1n) is 8.59. The molecule has 0 unspecified atom stereocenters. The highest BCUT2D eigenvalue weighted by Crippen LogP contribution is 2.36. The van der Waals surface area contributed by atoms with E-state index >= 15 is 0 Å². The molecule has 2 heterocycles. The SMILES string of the molecule is CNC(=O)c1ccc(C(=O)N2Cc3cnn(C)c3Nc3ccccc32)cc1. The second-order valence-corrected chi connectivity index (χ2v) is 6.33. The molecule has 1 aliphatic heterocycles. The Morgan fingerprint density at radius 3 is 2.52 bits per heavy atom. The molecule has 1 aliphatic rings. The molecule has 0 spiro atoms. The molecule has 0 radical (unpaired) electrons. The van der Waals surface area contributed by atoms with E-state index in [2.05, 4.69) is 15.7 Å². The lowest BCUT2D eigenvalue weighted by molar-refractivity contribution is 0.0958. The maximum atomic E-state index is 13.3. The summed E-state index contributed by atoms with van der Waals surface area (Å²) >= 11 is 0. The van der Waals surface area contributed by atoms with Crippen LogP contribution in [0.5, 0.6) is 0 Å². The third-order valence-corrected chi connectivity index (χ3v) is 4.66. The van der Waals surface area contributed by atoms with Gasteiger partial charge in [-0.3, -0.25) is 14.3 Å². The van der Waals surface area contributed by atoms with Gasteiger partial charge >= 0.3 is 0 Å². The van der Waals surface area contributed by atoms with Gasteiger partial charge in [-0.2, -0.15) is 5.10 Å². The van der Waals surface area contributed by atoms with Crippen molar-refractivity contribution in [3.05, 3.63) is 71.4 Å². The maximum absolute atomic E-state index is 13.3. The van der Waals surface area contributed by atoms with Gasteiger partial charge in [-0.1, -0.05) is 12.1 Å². The lowest BCUT2D eigenvalue weighted by Crippen LogP contribution is -2.30. The highest BCUT2D eigenvalue weighted by Gasteiger charge is 2.26. The van der Waals surface area contributed by atoms with Crippen LogP contribution in [-0.4, -0.2) is 28.6 Å². The number of aryl methyl sites for hydroxylation is 1. The van der Waals surface area contributed by atoms with Gasteiger partial charge in [0.15, 0.2) is 0 Å². The molecule has 0 fully saturated rings. The van der Waals surface area contributed by atoms with E-state index in [1.165, 1.54) is 0 Å². The van der Waals surface area contributed by atoms with E-state index in [9.17, 15) is 9.59 Å². The smallest absolute Gasteiger partial charge is 0.258 e. The largest absolute Gasteiger partial charge is 0.355 e. The number of carbonyl (C=O) groups excluding carboxylic acids is 2. The summed E-state index contributed by atoms with van der Waals surface area (Å²) < 4.78 is 1.76. The third-order valence-electron chi connectivity index (χ3n) is 4.66. The molecule has 2 amide bonds. The van der Waals surface area contributed by atoms with Gasteiger partial charge in [0, 0.05) is 30.8 Å². The fourth-order valence-electron chi connectivity index (χ4n) is 3.20. The van der Waals surface area contributed by atoms with Crippen molar-refractivity contribution < 1.29 is 9.59 Å². The van der Waals surface area contributed by atoms with Gasteiger partial charge in [-0.05, 0) is 36.4 Å². The Morgan fingerprint density at radius 1 is 1.07 bits per heavy atom. The number of nitrogens with one attached hydrogen (secondary N) is 2. The quantitative estimate of drug-likeness (QED) is 0.736. The third kappa shape index (κ3) is 2.93. The zero-order valence-corrected chi connectivity index (χ0v) is 15.1.